The highest BCUT2D eigenvalue weighted by atomic mass is 35.5. The molecule has 0 spiro atoms. The van der Waals surface area contributed by atoms with E-state index >= 15 is 0 Å². The van der Waals surface area contributed by atoms with Crippen molar-refractivity contribution < 1.29 is 9.90 Å². The van der Waals surface area contributed by atoms with E-state index in [1.54, 1.807) is 0 Å². The highest BCUT2D eigenvalue weighted by molar-refractivity contribution is 6.30. The molecule has 0 aliphatic heterocycles. The van der Waals surface area contributed by atoms with Crippen LogP contribution in [0.25, 0.3) is 0 Å². The summed E-state index contributed by atoms with van der Waals surface area (Å²) in [5, 5.41) is 9.81. The molecule has 2 rings (SSSR count). The molecule has 1 aromatic carbocycles. The Labute approximate surface area is 100 Å². The second kappa shape index (κ2) is 4.88. The highest BCUT2D eigenvalue weighted by Crippen LogP contribution is 2.34. The Morgan fingerprint density at radius 3 is 2.62 bits per heavy atom. The normalized spacial score (nSPS) is 24.6. The first-order valence-electron chi connectivity index (χ1n) is 5.64. The number of aliphatic carboxylic acids is 1. The molecule has 1 saturated carbocycles. The molecule has 0 amide bonds. The van der Waals surface area contributed by atoms with Gasteiger partial charge in [0.05, 0.1) is 5.92 Å². The van der Waals surface area contributed by atoms with E-state index < -0.39 is 5.97 Å². The van der Waals surface area contributed by atoms with Gasteiger partial charge in [-0.25, -0.2) is 0 Å². The Hall–Kier alpha value is -1.02. The Bertz CT molecular complexity index is 372. The van der Waals surface area contributed by atoms with Gasteiger partial charge in [0.2, 0.25) is 0 Å². The molecule has 3 heteroatoms. The van der Waals surface area contributed by atoms with E-state index in [2.05, 4.69) is 0 Å². The van der Waals surface area contributed by atoms with Gasteiger partial charge >= 0.3 is 5.97 Å². The predicted molar refractivity (Wildman–Crippen MR) is 63.6 cm³/mol. The lowest BCUT2D eigenvalue weighted by Gasteiger charge is -2.15. The Morgan fingerprint density at radius 2 is 2.00 bits per heavy atom. The Morgan fingerprint density at radius 1 is 1.31 bits per heavy atom. The fourth-order valence-electron chi connectivity index (χ4n) is 2.53. The van der Waals surface area contributed by atoms with Crippen LogP contribution >= 0.6 is 11.6 Å². The van der Waals surface area contributed by atoms with Crippen LogP contribution in [0.1, 0.15) is 24.8 Å². The first-order chi connectivity index (χ1) is 7.66. The summed E-state index contributed by atoms with van der Waals surface area (Å²) in [6.07, 6.45) is 3.75. The predicted octanol–water partition coefficient (Wildman–Crippen LogP) is 3.38. The van der Waals surface area contributed by atoms with Gasteiger partial charge < -0.3 is 5.11 Å². The number of carboxylic acid groups (broad SMARTS) is 1. The van der Waals surface area contributed by atoms with Gasteiger partial charge in [-0.2, -0.15) is 0 Å². The molecule has 1 aromatic rings. The third-order valence-electron chi connectivity index (χ3n) is 3.39. The van der Waals surface area contributed by atoms with Gasteiger partial charge in [0, 0.05) is 5.02 Å². The zero-order chi connectivity index (χ0) is 11.5. The quantitative estimate of drug-likeness (QED) is 0.877. The van der Waals surface area contributed by atoms with E-state index in [1.807, 2.05) is 24.3 Å². The third kappa shape index (κ3) is 2.56. The number of carboxylic acids is 1. The zero-order valence-corrected chi connectivity index (χ0v) is 9.78. The molecule has 86 valence electrons. The second-order valence-corrected chi connectivity index (χ2v) is 4.90. The molecule has 0 heterocycles. The van der Waals surface area contributed by atoms with Crippen molar-refractivity contribution in [2.24, 2.45) is 11.8 Å². The average Bonchev–Trinajstić information content (AvgIpc) is 2.69. The minimum atomic E-state index is -0.642. The number of hydrogen-bond donors (Lipinski definition) is 1. The minimum absolute atomic E-state index is 0.157. The Balaban J connectivity index is 2.03. The van der Waals surface area contributed by atoms with Gasteiger partial charge in [0.1, 0.15) is 0 Å². The van der Waals surface area contributed by atoms with Crippen molar-refractivity contribution in [3.8, 4) is 0 Å². The summed E-state index contributed by atoms with van der Waals surface area (Å²) in [6.45, 7) is 0. The van der Waals surface area contributed by atoms with Crippen molar-refractivity contribution in [3.63, 3.8) is 0 Å². The van der Waals surface area contributed by atoms with E-state index in [0.717, 1.165) is 30.7 Å². The molecule has 0 aromatic heterocycles. The molecular formula is C13H15ClO2. The van der Waals surface area contributed by atoms with Crippen LogP contribution in [0.5, 0.6) is 0 Å². The summed E-state index contributed by atoms with van der Waals surface area (Å²) in [7, 11) is 0. The van der Waals surface area contributed by atoms with Crippen LogP contribution in [0.4, 0.5) is 0 Å². The maximum atomic E-state index is 11.0. The van der Waals surface area contributed by atoms with Gasteiger partial charge in [0.25, 0.3) is 0 Å². The van der Waals surface area contributed by atoms with Crippen molar-refractivity contribution in [1.82, 2.24) is 0 Å². The van der Waals surface area contributed by atoms with Crippen LogP contribution in [-0.2, 0) is 11.2 Å². The van der Waals surface area contributed by atoms with Crippen molar-refractivity contribution in [1.29, 1.82) is 0 Å². The van der Waals surface area contributed by atoms with E-state index in [9.17, 15) is 4.79 Å². The van der Waals surface area contributed by atoms with Crippen molar-refractivity contribution in [2.75, 3.05) is 0 Å². The summed E-state index contributed by atoms with van der Waals surface area (Å²) >= 11 is 5.81. The maximum Gasteiger partial charge on any atom is 0.306 e. The molecule has 2 atom stereocenters. The molecule has 1 N–H and O–H groups in total. The molecule has 16 heavy (non-hydrogen) atoms. The van der Waals surface area contributed by atoms with Gasteiger partial charge in [-0.15, -0.1) is 0 Å². The SMILES string of the molecule is O=C(O)C1CCCC1Cc1ccc(Cl)cc1. The average molecular weight is 239 g/mol. The molecule has 0 bridgehead atoms. The lowest BCUT2D eigenvalue weighted by atomic mass is 9.90. The monoisotopic (exact) mass is 238 g/mol. The standard InChI is InChI=1S/C13H15ClO2/c14-11-6-4-9(5-7-11)8-10-2-1-3-12(10)13(15)16/h4-7,10,12H,1-3,8H2,(H,15,16). The van der Waals surface area contributed by atoms with E-state index in [0.29, 0.717) is 5.92 Å². The van der Waals surface area contributed by atoms with Crippen molar-refractivity contribution >= 4 is 17.6 Å². The zero-order valence-electron chi connectivity index (χ0n) is 9.03. The molecule has 2 nitrogen and oxygen atoms in total. The number of rotatable bonds is 3. The van der Waals surface area contributed by atoms with Gasteiger partial charge in [-0.05, 0) is 42.9 Å². The molecule has 1 fully saturated rings. The third-order valence-corrected chi connectivity index (χ3v) is 3.64. The molecule has 0 radical (unpaired) electrons. The lowest BCUT2D eigenvalue weighted by Crippen LogP contribution is -2.19. The minimum Gasteiger partial charge on any atom is -0.481 e. The van der Waals surface area contributed by atoms with Crippen LogP contribution in [0.15, 0.2) is 24.3 Å². The van der Waals surface area contributed by atoms with E-state index in [4.69, 9.17) is 16.7 Å². The molecule has 1 aliphatic rings. The van der Waals surface area contributed by atoms with Crippen LogP contribution in [0.2, 0.25) is 5.02 Å². The van der Waals surface area contributed by atoms with Crippen LogP contribution in [0.3, 0.4) is 0 Å². The van der Waals surface area contributed by atoms with Gasteiger partial charge in [-0.3, -0.25) is 4.79 Å². The van der Waals surface area contributed by atoms with Gasteiger partial charge in [0.15, 0.2) is 0 Å². The fourth-order valence-corrected chi connectivity index (χ4v) is 2.66. The van der Waals surface area contributed by atoms with Crippen molar-refractivity contribution in [2.45, 2.75) is 25.7 Å². The summed E-state index contributed by atoms with van der Waals surface area (Å²) in [5.74, 6) is -0.509. The second-order valence-electron chi connectivity index (χ2n) is 4.47. The van der Waals surface area contributed by atoms with Crippen molar-refractivity contribution in [3.05, 3.63) is 34.9 Å². The first-order valence-corrected chi connectivity index (χ1v) is 6.02. The molecular weight excluding hydrogens is 224 g/mol. The first kappa shape index (κ1) is 11.5. The Kier molecular flexibility index (Phi) is 3.49. The maximum absolute atomic E-state index is 11.0. The summed E-state index contributed by atoms with van der Waals surface area (Å²) in [5.41, 5.74) is 1.18. The highest BCUT2D eigenvalue weighted by Gasteiger charge is 2.32. The number of halogens is 1. The molecule has 0 saturated heterocycles. The van der Waals surface area contributed by atoms with E-state index in [-0.39, 0.29) is 5.92 Å². The number of benzene rings is 1. The number of hydrogen-bond acceptors (Lipinski definition) is 1. The summed E-state index contributed by atoms with van der Waals surface area (Å²) in [6, 6.07) is 7.70. The largest absolute Gasteiger partial charge is 0.481 e. The lowest BCUT2D eigenvalue weighted by molar-refractivity contribution is -0.142. The fraction of sp³-hybridized carbons (Fsp3) is 0.462. The molecule has 2 unspecified atom stereocenters. The smallest absolute Gasteiger partial charge is 0.306 e. The number of carbonyl (C=O) groups is 1. The summed E-state index contributed by atoms with van der Waals surface area (Å²) in [4.78, 5) is 11.0. The van der Waals surface area contributed by atoms with Gasteiger partial charge in [-0.1, -0.05) is 30.2 Å². The molecule has 1 aliphatic carbocycles. The summed E-state index contributed by atoms with van der Waals surface area (Å²) < 4.78 is 0. The van der Waals surface area contributed by atoms with Crippen LogP contribution in [0, 0.1) is 11.8 Å². The van der Waals surface area contributed by atoms with E-state index in [1.165, 1.54) is 5.56 Å². The topological polar surface area (TPSA) is 37.3 Å². The van der Waals surface area contributed by atoms with Crippen LogP contribution < -0.4 is 0 Å². The van der Waals surface area contributed by atoms with Crippen LogP contribution in [-0.4, -0.2) is 11.1 Å².